The lowest BCUT2D eigenvalue weighted by atomic mass is 9.83. The van der Waals surface area contributed by atoms with Crippen molar-refractivity contribution in [3.05, 3.63) is 266 Å². The normalized spacial score (nSPS) is 11.6. The second kappa shape index (κ2) is 16.8. The Morgan fingerprint density at radius 3 is 1.06 bits per heavy atom. The van der Waals surface area contributed by atoms with Crippen LogP contribution in [-0.2, 0) is 0 Å². The second-order valence-electron chi connectivity index (χ2n) is 17.1. The Kier molecular flexibility index (Phi) is 9.97. The van der Waals surface area contributed by atoms with Crippen molar-refractivity contribution in [2.45, 2.75) is 0 Å². The second-order valence-corrected chi connectivity index (χ2v) is 17.1. The maximum atomic E-state index is 2.37. The third-order valence-corrected chi connectivity index (χ3v) is 13.3. The van der Waals surface area contributed by atoms with Gasteiger partial charge in [0.05, 0.1) is 0 Å². The van der Waals surface area contributed by atoms with Gasteiger partial charge in [-0.05, 0) is 133 Å². The van der Waals surface area contributed by atoms with E-state index in [1.807, 2.05) is 0 Å². The van der Waals surface area contributed by atoms with E-state index in [9.17, 15) is 0 Å². The van der Waals surface area contributed by atoms with Crippen LogP contribution in [-0.4, -0.2) is 0 Å². The Hall–Kier alpha value is -8.58. The van der Waals surface area contributed by atoms with Gasteiger partial charge in [-0.2, -0.15) is 0 Å². The molecule has 0 aliphatic heterocycles. The lowest BCUT2D eigenvalue weighted by Crippen LogP contribution is -1.93. The molecule has 0 saturated carbocycles. The first-order valence-corrected chi connectivity index (χ1v) is 22.8. The highest BCUT2D eigenvalue weighted by Crippen LogP contribution is 2.47. The molecule has 0 spiro atoms. The maximum absolute atomic E-state index is 2.37. The summed E-state index contributed by atoms with van der Waals surface area (Å²) in [5.74, 6) is 0. The quantitative estimate of drug-likeness (QED) is 0.106. The summed E-state index contributed by atoms with van der Waals surface area (Å²) in [6.07, 6.45) is 4.54. The number of benzene rings is 12. The van der Waals surface area contributed by atoms with Gasteiger partial charge in [-0.3, -0.25) is 0 Å². The predicted octanol–water partition coefficient (Wildman–Crippen LogP) is 18.5. The van der Waals surface area contributed by atoms with Crippen LogP contribution >= 0.6 is 0 Å². The standard InChI is InChI=1S/C66H44/c1-3-23-47(24-4-1)63-55-33-11-13-35-57(55)65(58-36-14-12-34-56(58)63)51-29-20-28-50(44-51)49-27-19-21-45(43-49)41-42-46-22-7-8-30-52(46)53-31-9-10-32-54(53)66-61-39-17-15-37-59(61)64(48-25-5-2-6-26-48)60-38-16-18-40-62(60)66/h1-44H. The molecule has 0 bridgehead atoms. The monoisotopic (exact) mass is 836 g/mol. The van der Waals surface area contributed by atoms with Crippen molar-refractivity contribution in [3.8, 4) is 66.8 Å². The van der Waals surface area contributed by atoms with Crippen LogP contribution in [0.2, 0.25) is 0 Å². The van der Waals surface area contributed by atoms with E-state index in [-0.39, 0.29) is 0 Å². The van der Waals surface area contributed by atoms with Gasteiger partial charge in [0.1, 0.15) is 0 Å². The fourth-order valence-electron chi connectivity index (χ4n) is 10.4. The summed E-state index contributed by atoms with van der Waals surface area (Å²) in [6, 6.07) is 93.0. The van der Waals surface area contributed by atoms with Crippen LogP contribution < -0.4 is 0 Å². The van der Waals surface area contributed by atoms with Gasteiger partial charge in [0.15, 0.2) is 0 Å². The average molecular weight is 837 g/mol. The van der Waals surface area contributed by atoms with Crippen molar-refractivity contribution in [2.75, 3.05) is 0 Å². The molecule has 66 heavy (non-hydrogen) atoms. The van der Waals surface area contributed by atoms with Gasteiger partial charge in [-0.1, -0.05) is 255 Å². The fraction of sp³-hybridized carbons (Fsp3) is 0. The van der Waals surface area contributed by atoms with Crippen LogP contribution in [0.1, 0.15) is 11.1 Å². The predicted molar refractivity (Wildman–Crippen MR) is 284 cm³/mol. The van der Waals surface area contributed by atoms with E-state index in [0.29, 0.717) is 0 Å². The van der Waals surface area contributed by atoms with Gasteiger partial charge in [0, 0.05) is 0 Å². The number of rotatable bonds is 8. The van der Waals surface area contributed by atoms with Crippen molar-refractivity contribution >= 4 is 55.2 Å². The molecule has 0 nitrogen and oxygen atoms in total. The first kappa shape index (κ1) is 39.0. The Labute approximate surface area is 386 Å². The van der Waals surface area contributed by atoms with E-state index in [1.165, 1.54) is 115 Å². The molecule has 0 saturated heterocycles. The molecule has 0 unspecified atom stereocenters. The minimum Gasteiger partial charge on any atom is -0.0622 e. The lowest BCUT2D eigenvalue weighted by molar-refractivity contribution is 1.58. The van der Waals surface area contributed by atoms with Crippen LogP contribution in [0.25, 0.3) is 122 Å². The molecule has 12 aromatic rings. The van der Waals surface area contributed by atoms with E-state index >= 15 is 0 Å². The minimum atomic E-state index is 1.15. The van der Waals surface area contributed by atoms with Crippen LogP contribution in [0, 0.1) is 0 Å². The largest absolute Gasteiger partial charge is 0.0622 e. The van der Waals surface area contributed by atoms with Crippen LogP contribution in [0.5, 0.6) is 0 Å². The topological polar surface area (TPSA) is 0 Å². The molecule has 308 valence electrons. The molecule has 0 amide bonds. The third kappa shape index (κ3) is 6.88. The van der Waals surface area contributed by atoms with Crippen LogP contribution in [0.3, 0.4) is 0 Å². The Bertz CT molecular complexity index is 3680. The first-order valence-electron chi connectivity index (χ1n) is 22.8. The molecule has 0 N–H and O–H groups in total. The molecular weight excluding hydrogens is 793 g/mol. The van der Waals surface area contributed by atoms with Gasteiger partial charge in [-0.25, -0.2) is 0 Å². The molecule has 12 rings (SSSR count). The zero-order valence-corrected chi connectivity index (χ0v) is 36.4. The number of hydrogen-bond acceptors (Lipinski definition) is 0. The fourth-order valence-corrected chi connectivity index (χ4v) is 10.4. The first-order chi connectivity index (χ1) is 32.8. The molecule has 0 heteroatoms. The summed E-state index contributed by atoms with van der Waals surface area (Å²) in [5.41, 5.74) is 17.1. The number of fused-ring (bicyclic) bond motifs is 4. The maximum Gasteiger partial charge on any atom is -0.00201 e. The van der Waals surface area contributed by atoms with Crippen molar-refractivity contribution in [3.63, 3.8) is 0 Å². The molecule has 0 aliphatic carbocycles. The summed E-state index contributed by atoms with van der Waals surface area (Å²) < 4.78 is 0. The Balaban J connectivity index is 0.933. The van der Waals surface area contributed by atoms with Crippen LogP contribution in [0.4, 0.5) is 0 Å². The molecule has 0 aliphatic rings. The highest BCUT2D eigenvalue weighted by Gasteiger charge is 2.20. The van der Waals surface area contributed by atoms with E-state index in [0.717, 1.165) is 5.56 Å². The zero-order chi connectivity index (χ0) is 43.8. The van der Waals surface area contributed by atoms with E-state index in [1.54, 1.807) is 0 Å². The Morgan fingerprint density at radius 1 is 0.197 bits per heavy atom. The number of hydrogen-bond donors (Lipinski definition) is 0. The zero-order valence-electron chi connectivity index (χ0n) is 36.4. The average Bonchev–Trinajstić information content (AvgIpc) is 3.39. The summed E-state index contributed by atoms with van der Waals surface area (Å²) in [7, 11) is 0. The molecule has 0 heterocycles. The van der Waals surface area contributed by atoms with Gasteiger partial charge in [0.2, 0.25) is 0 Å². The van der Waals surface area contributed by atoms with Gasteiger partial charge < -0.3 is 0 Å². The minimum absolute atomic E-state index is 1.15. The summed E-state index contributed by atoms with van der Waals surface area (Å²) in [4.78, 5) is 0. The highest BCUT2D eigenvalue weighted by molar-refractivity contribution is 6.23. The molecular formula is C66H44. The van der Waals surface area contributed by atoms with Crippen molar-refractivity contribution in [1.82, 2.24) is 0 Å². The third-order valence-electron chi connectivity index (χ3n) is 13.3. The molecule has 0 fully saturated rings. The summed E-state index contributed by atoms with van der Waals surface area (Å²) in [5, 5.41) is 10.1. The summed E-state index contributed by atoms with van der Waals surface area (Å²) in [6.45, 7) is 0. The molecule has 0 radical (unpaired) electrons. The lowest BCUT2D eigenvalue weighted by Gasteiger charge is -2.20. The highest BCUT2D eigenvalue weighted by atomic mass is 14.2. The van der Waals surface area contributed by atoms with E-state index in [4.69, 9.17) is 0 Å². The smallest absolute Gasteiger partial charge is 0.00201 e. The van der Waals surface area contributed by atoms with Crippen LogP contribution in [0.15, 0.2) is 255 Å². The van der Waals surface area contributed by atoms with E-state index < -0.39 is 0 Å². The van der Waals surface area contributed by atoms with Gasteiger partial charge in [0.25, 0.3) is 0 Å². The van der Waals surface area contributed by atoms with Gasteiger partial charge >= 0.3 is 0 Å². The molecule has 0 atom stereocenters. The van der Waals surface area contributed by atoms with Crippen molar-refractivity contribution in [1.29, 1.82) is 0 Å². The van der Waals surface area contributed by atoms with E-state index in [2.05, 4.69) is 267 Å². The SMILES string of the molecule is C(=Cc1ccccc1-c1ccccc1-c1c2ccccc2c(-c2ccccc2)c2ccccc12)c1cccc(-c2cccc(-c3c4ccccc4c(-c4ccccc4)c4ccccc34)c2)c1. The van der Waals surface area contributed by atoms with Gasteiger partial charge in [-0.15, -0.1) is 0 Å². The molecule has 12 aromatic carbocycles. The van der Waals surface area contributed by atoms with Crippen molar-refractivity contribution < 1.29 is 0 Å². The summed E-state index contributed by atoms with van der Waals surface area (Å²) >= 11 is 0. The molecule has 0 aromatic heterocycles. The Morgan fingerprint density at radius 2 is 0.545 bits per heavy atom. The van der Waals surface area contributed by atoms with Crippen molar-refractivity contribution in [2.24, 2.45) is 0 Å².